The summed E-state index contributed by atoms with van der Waals surface area (Å²) >= 11 is 0. The molecule has 1 atom stereocenters. The highest BCUT2D eigenvalue weighted by molar-refractivity contribution is 5.93. The lowest BCUT2D eigenvalue weighted by atomic mass is 9.44. The second kappa shape index (κ2) is 7.63. The first kappa shape index (κ1) is 20.5. The molecule has 1 unspecified atom stereocenters. The van der Waals surface area contributed by atoms with Gasteiger partial charge in [0.15, 0.2) is 0 Å². The largest absolute Gasteiger partial charge is 0.478 e. The Kier molecular flexibility index (Phi) is 5.04. The summed E-state index contributed by atoms with van der Waals surface area (Å²) in [5, 5.41) is 11.9. The number of nitrogens with one attached hydrogen (secondary N) is 1. The third-order valence-electron chi connectivity index (χ3n) is 8.29. The van der Waals surface area contributed by atoms with Gasteiger partial charge in [-0.25, -0.2) is 4.79 Å². The quantitative estimate of drug-likeness (QED) is 0.662. The number of anilines is 1. The summed E-state index contributed by atoms with van der Waals surface area (Å²) < 4.78 is 6.31. The molecule has 4 bridgehead atoms. The van der Waals surface area contributed by atoms with Gasteiger partial charge in [-0.15, -0.1) is 0 Å². The third-order valence-corrected chi connectivity index (χ3v) is 8.29. The fourth-order valence-corrected chi connectivity index (χ4v) is 7.37. The van der Waals surface area contributed by atoms with Gasteiger partial charge in [0.2, 0.25) is 5.91 Å². The Balaban J connectivity index is 1.28. The molecule has 0 aromatic heterocycles. The number of rotatable bonds is 6. The second-order valence-corrected chi connectivity index (χ2v) is 10.3. The summed E-state index contributed by atoms with van der Waals surface area (Å²) in [4.78, 5) is 23.7. The molecule has 5 heteroatoms. The number of carboxylic acid groups (broad SMARTS) is 1. The molecular formula is C26H31NO4. The summed E-state index contributed by atoms with van der Waals surface area (Å²) in [5.74, 6) is 1.48. The SMILES string of the molecule is COC1(C23CC4CC(CC(C4)C2)C3)C=CC=C(CC(=O)Nc2ccc(C(=O)O)cc2)C1. The number of ether oxygens (including phenoxy) is 1. The Morgan fingerprint density at radius 1 is 1.06 bits per heavy atom. The maximum absolute atomic E-state index is 12.7. The first-order chi connectivity index (χ1) is 14.9. The van der Waals surface area contributed by atoms with Crippen LogP contribution in [0.5, 0.6) is 0 Å². The molecule has 2 N–H and O–H groups in total. The van der Waals surface area contributed by atoms with Gasteiger partial charge in [-0.1, -0.05) is 23.8 Å². The Bertz CT molecular complexity index is 909. The molecule has 5 nitrogen and oxygen atoms in total. The van der Waals surface area contributed by atoms with Crippen LogP contribution in [0.2, 0.25) is 0 Å². The van der Waals surface area contributed by atoms with Crippen LogP contribution in [0.4, 0.5) is 5.69 Å². The highest BCUT2D eigenvalue weighted by Gasteiger charge is 2.60. The van der Waals surface area contributed by atoms with E-state index < -0.39 is 5.97 Å². The molecule has 1 amide bonds. The van der Waals surface area contributed by atoms with Crippen molar-refractivity contribution in [1.29, 1.82) is 0 Å². The Morgan fingerprint density at radius 2 is 1.68 bits per heavy atom. The van der Waals surface area contributed by atoms with Crippen LogP contribution in [0.3, 0.4) is 0 Å². The fraction of sp³-hybridized carbons (Fsp3) is 0.538. The van der Waals surface area contributed by atoms with Crippen molar-refractivity contribution in [3.63, 3.8) is 0 Å². The minimum atomic E-state index is -0.974. The van der Waals surface area contributed by atoms with E-state index in [1.807, 2.05) is 7.11 Å². The number of allylic oxidation sites excluding steroid dienone is 2. The zero-order chi connectivity index (χ0) is 21.6. The van der Waals surface area contributed by atoms with Crippen LogP contribution in [0.15, 0.2) is 48.1 Å². The van der Waals surface area contributed by atoms with Crippen LogP contribution in [0.25, 0.3) is 0 Å². The van der Waals surface area contributed by atoms with Gasteiger partial charge < -0.3 is 15.2 Å². The lowest BCUT2D eigenvalue weighted by Crippen LogP contribution is -2.58. The molecule has 1 aromatic carbocycles. The molecule has 31 heavy (non-hydrogen) atoms. The summed E-state index contributed by atoms with van der Waals surface area (Å²) in [6.45, 7) is 0. The van der Waals surface area contributed by atoms with Gasteiger partial charge >= 0.3 is 5.97 Å². The topological polar surface area (TPSA) is 75.6 Å². The van der Waals surface area contributed by atoms with E-state index >= 15 is 0 Å². The Hall–Kier alpha value is -2.40. The number of hydrogen-bond acceptors (Lipinski definition) is 3. The lowest BCUT2D eigenvalue weighted by Gasteiger charge is -2.63. The molecule has 0 spiro atoms. The number of aromatic carboxylic acids is 1. The molecule has 4 saturated carbocycles. The van der Waals surface area contributed by atoms with Gasteiger partial charge in [0.25, 0.3) is 0 Å². The first-order valence-corrected chi connectivity index (χ1v) is 11.5. The Labute approximate surface area is 183 Å². The fourth-order valence-electron chi connectivity index (χ4n) is 7.37. The minimum Gasteiger partial charge on any atom is -0.478 e. The summed E-state index contributed by atoms with van der Waals surface area (Å²) in [5.41, 5.74) is 1.81. The maximum atomic E-state index is 12.7. The number of methoxy groups -OCH3 is 1. The average Bonchev–Trinajstić information content (AvgIpc) is 2.73. The predicted molar refractivity (Wildman–Crippen MR) is 119 cm³/mol. The number of benzene rings is 1. The monoisotopic (exact) mass is 421 g/mol. The van der Waals surface area contributed by atoms with Crippen LogP contribution in [-0.4, -0.2) is 29.7 Å². The molecule has 0 heterocycles. The number of amides is 1. The average molecular weight is 422 g/mol. The van der Waals surface area contributed by atoms with E-state index in [4.69, 9.17) is 9.84 Å². The van der Waals surface area contributed by atoms with E-state index in [1.165, 1.54) is 50.7 Å². The van der Waals surface area contributed by atoms with Crippen LogP contribution in [-0.2, 0) is 9.53 Å². The van der Waals surface area contributed by atoms with Gasteiger partial charge in [-0.3, -0.25) is 4.79 Å². The first-order valence-electron chi connectivity index (χ1n) is 11.5. The summed E-state index contributed by atoms with van der Waals surface area (Å²) in [6.07, 6.45) is 15.5. The molecular weight excluding hydrogens is 390 g/mol. The van der Waals surface area contributed by atoms with Crippen molar-refractivity contribution >= 4 is 17.6 Å². The normalized spacial score (nSPS) is 35.6. The standard InChI is InChI=1S/C26H31NO4/c1-31-26(25-13-18-9-19(14-25)11-20(10-18)15-25)8-2-3-17(16-26)12-23(28)27-22-6-4-21(5-7-22)24(29)30/h2-8,18-20H,9-16H2,1H3,(H,27,28)(H,29,30). The molecule has 5 aliphatic rings. The summed E-state index contributed by atoms with van der Waals surface area (Å²) in [6, 6.07) is 6.27. The number of hydrogen-bond donors (Lipinski definition) is 2. The maximum Gasteiger partial charge on any atom is 0.335 e. The predicted octanol–water partition coefficient (Wildman–Crippen LogP) is 5.20. The van der Waals surface area contributed by atoms with Crippen LogP contribution in [0.1, 0.15) is 61.7 Å². The van der Waals surface area contributed by atoms with E-state index in [1.54, 1.807) is 12.1 Å². The molecule has 0 saturated heterocycles. The van der Waals surface area contributed by atoms with Gasteiger partial charge in [-0.2, -0.15) is 0 Å². The summed E-state index contributed by atoms with van der Waals surface area (Å²) in [7, 11) is 1.84. The number of carbonyl (C=O) groups excluding carboxylic acids is 1. The van der Waals surface area contributed by atoms with E-state index in [-0.39, 0.29) is 22.5 Å². The molecule has 164 valence electrons. The number of carbonyl (C=O) groups is 2. The molecule has 1 aromatic rings. The molecule has 5 aliphatic carbocycles. The van der Waals surface area contributed by atoms with Gasteiger partial charge in [0.1, 0.15) is 0 Å². The van der Waals surface area contributed by atoms with Crippen molar-refractivity contribution < 1.29 is 19.4 Å². The third kappa shape index (κ3) is 3.63. The zero-order valence-corrected chi connectivity index (χ0v) is 18.1. The molecule has 0 radical (unpaired) electrons. The van der Waals surface area contributed by atoms with Crippen LogP contribution in [0, 0.1) is 23.2 Å². The van der Waals surface area contributed by atoms with E-state index in [9.17, 15) is 9.59 Å². The van der Waals surface area contributed by atoms with Crippen molar-refractivity contribution in [1.82, 2.24) is 0 Å². The van der Waals surface area contributed by atoms with Crippen LogP contribution < -0.4 is 5.32 Å². The highest BCUT2D eigenvalue weighted by atomic mass is 16.5. The van der Waals surface area contributed by atoms with Crippen molar-refractivity contribution in [3.05, 3.63) is 53.6 Å². The van der Waals surface area contributed by atoms with E-state index in [0.717, 1.165) is 29.7 Å². The molecule has 4 fully saturated rings. The minimum absolute atomic E-state index is 0.0832. The van der Waals surface area contributed by atoms with Crippen molar-refractivity contribution in [3.8, 4) is 0 Å². The van der Waals surface area contributed by atoms with Crippen molar-refractivity contribution in [2.24, 2.45) is 23.2 Å². The zero-order valence-electron chi connectivity index (χ0n) is 18.1. The van der Waals surface area contributed by atoms with Crippen molar-refractivity contribution in [2.75, 3.05) is 12.4 Å². The Morgan fingerprint density at radius 3 is 2.23 bits per heavy atom. The van der Waals surface area contributed by atoms with Gasteiger partial charge in [0.05, 0.1) is 11.2 Å². The van der Waals surface area contributed by atoms with E-state index in [2.05, 4.69) is 23.5 Å². The van der Waals surface area contributed by atoms with Crippen molar-refractivity contribution in [2.45, 2.75) is 57.0 Å². The van der Waals surface area contributed by atoms with Gasteiger partial charge in [0, 0.05) is 31.1 Å². The second-order valence-electron chi connectivity index (χ2n) is 10.3. The smallest absolute Gasteiger partial charge is 0.335 e. The van der Waals surface area contributed by atoms with Crippen LogP contribution >= 0.6 is 0 Å². The van der Waals surface area contributed by atoms with Gasteiger partial charge in [-0.05, 0) is 80.5 Å². The lowest BCUT2D eigenvalue weighted by molar-refractivity contribution is -0.170. The number of carboxylic acids is 1. The molecule has 6 rings (SSSR count). The molecule has 0 aliphatic heterocycles. The van der Waals surface area contributed by atoms with E-state index in [0.29, 0.717) is 12.1 Å². The highest BCUT2D eigenvalue weighted by Crippen LogP contribution is 2.66.